The summed E-state index contributed by atoms with van der Waals surface area (Å²) in [4.78, 5) is 6.01. The molecule has 5 N–H and O–H groups in total. The van der Waals surface area contributed by atoms with Gasteiger partial charge in [-0.1, -0.05) is 36.4 Å². The predicted octanol–water partition coefficient (Wildman–Crippen LogP) is 3.45. The molecule has 0 bridgehead atoms. The predicted molar refractivity (Wildman–Crippen MR) is 104 cm³/mol. The highest BCUT2D eigenvalue weighted by atomic mass is 15.2. The lowest BCUT2D eigenvalue weighted by molar-refractivity contribution is 1.07. The first-order valence-corrected chi connectivity index (χ1v) is 8.27. The van der Waals surface area contributed by atoms with E-state index in [1.807, 2.05) is 60.7 Å². The normalized spacial score (nSPS) is 12.7. The summed E-state index contributed by atoms with van der Waals surface area (Å²) in [5, 5.41) is 20.8. The molecule has 0 saturated heterocycles. The number of hydrogen-bond acceptors (Lipinski definition) is 5. The molecule has 0 radical (unpaired) electrons. The van der Waals surface area contributed by atoms with Crippen LogP contribution in [-0.4, -0.2) is 16.7 Å². The number of fused-ring (bicyclic) bond motifs is 2. The van der Waals surface area contributed by atoms with Gasteiger partial charge in [-0.15, -0.1) is 0 Å². The summed E-state index contributed by atoms with van der Waals surface area (Å²) in [6, 6.07) is 18.8. The first-order chi connectivity index (χ1) is 12.7. The van der Waals surface area contributed by atoms with Crippen LogP contribution in [0.15, 0.2) is 66.9 Å². The van der Waals surface area contributed by atoms with E-state index in [1.165, 1.54) is 0 Å². The van der Waals surface area contributed by atoms with Crippen LogP contribution in [0.3, 0.4) is 0 Å². The number of anilines is 3. The van der Waals surface area contributed by atoms with Crippen molar-refractivity contribution in [3.63, 3.8) is 0 Å². The molecule has 0 spiro atoms. The molecule has 128 valence electrons. The summed E-state index contributed by atoms with van der Waals surface area (Å²) in [6.45, 7) is 0.456. The van der Waals surface area contributed by atoms with Crippen LogP contribution in [0.2, 0.25) is 0 Å². The van der Waals surface area contributed by atoms with Gasteiger partial charge in [0.15, 0.2) is 5.82 Å². The monoisotopic (exact) mass is 342 g/mol. The Bertz CT molecular complexity index is 993. The van der Waals surface area contributed by atoms with Crippen LogP contribution < -0.4 is 16.0 Å². The van der Waals surface area contributed by atoms with Crippen molar-refractivity contribution in [1.82, 2.24) is 4.98 Å². The van der Waals surface area contributed by atoms with Crippen molar-refractivity contribution in [3.8, 4) is 0 Å². The molecule has 3 aromatic rings. The number of pyridine rings is 1. The number of aromatic nitrogens is 1. The molecular formula is C20H18N6. The molecule has 0 atom stereocenters. The largest absolute Gasteiger partial charge is 0.338 e. The highest BCUT2D eigenvalue weighted by molar-refractivity contribution is 6.30. The number of para-hydroxylation sites is 1. The van der Waals surface area contributed by atoms with Crippen LogP contribution in [0.5, 0.6) is 0 Å². The zero-order valence-electron chi connectivity index (χ0n) is 14.0. The van der Waals surface area contributed by atoms with Crippen molar-refractivity contribution in [2.45, 2.75) is 6.54 Å². The maximum absolute atomic E-state index is 8.75. The van der Waals surface area contributed by atoms with Gasteiger partial charge < -0.3 is 11.1 Å². The van der Waals surface area contributed by atoms with E-state index in [0.29, 0.717) is 29.2 Å². The molecule has 6 heteroatoms. The number of rotatable bonds is 2. The van der Waals surface area contributed by atoms with E-state index >= 15 is 0 Å². The lowest BCUT2D eigenvalue weighted by Crippen LogP contribution is -2.36. The topological polar surface area (TPSA) is 102 Å². The summed E-state index contributed by atoms with van der Waals surface area (Å²) in [5.74, 6) is 1.06. The highest BCUT2D eigenvalue weighted by Crippen LogP contribution is 2.34. The van der Waals surface area contributed by atoms with Gasteiger partial charge in [0.1, 0.15) is 11.7 Å². The van der Waals surface area contributed by atoms with Gasteiger partial charge in [0, 0.05) is 23.9 Å². The van der Waals surface area contributed by atoms with Crippen molar-refractivity contribution in [3.05, 3.63) is 83.6 Å². The molecular weight excluding hydrogens is 324 g/mol. The molecule has 0 amide bonds. The van der Waals surface area contributed by atoms with Gasteiger partial charge in [-0.25, -0.2) is 4.98 Å². The van der Waals surface area contributed by atoms with Gasteiger partial charge in [-0.05, 0) is 29.8 Å². The van der Waals surface area contributed by atoms with Gasteiger partial charge in [-0.2, -0.15) is 0 Å². The Morgan fingerprint density at radius 1 is 1.04 bits per heavy atom. The maximum atomic E-state index is 8.75. The van der Waals surface area contributed by atoms with Crippen molar-refractivity contribution >= 4 is 28.9 Å². The Kier molecular flexibility index (Phi) is 3.95. The van der Waals surface area contributed by atoms with E-state index in [0.717, 1.165) is 11.3 Å². The minimum Gasteiger partial charge on any atom is -0.338 e. The Labute approximate surface area is 151 Å². The summed E-state index contributed by atoms with van der Waals surface area (Å²) in [6.07, 6.45) is 1.70. The number of nitrogens with two attached hydrogens (primary N) is 1. The summed E-state index contributed by atoms with van der Waals surface area (Å²) in [7, 11) is 0. The van der Waals surface area contributed by atoms with Crippen LogP contribution in [0, 0.1) is 10.8 Å². The van der Waals surface area contributed by atoms with Crippen LogP contribution in [0.25, 0.3) is 0 Å². The van der Waals surface area contributed by atoms with E-state index < -0.39 is 0 Å². The van der Waals surface area contributed by atoms with Crippen LogP contribution >= 0.6 is 0 Å². The molecule has 0 aliphatic carbocycles. The van der Waals surface area contributed by atoms with Gasteiger partial charge >= 0.3 is 0 Å². The Morgan fingerprint density at radius 2 is 1.81 bits per heavy atom. The van der Waals surface area contributed by atoms with Crippen LogP contribution in [0.4, 0.5) is 17.2 Å². The second kappa shape index (κ2) is 6.42. The lowest BCUT2D eigenvalue weighted by atomic mass is 10.1. The molecule has 6 nitrogen and oxygen atoms in total. The van der Waals surface area contributed by atoms with Gasteiger partial charge in [0.25, 0.3) is 0 Å². The third-order valence-electron chi connectivity index (χ3n) is 4.37. The second-order valence-electron chi connectivity index (χ2n) is 5.98. The highest BCUT2D eigenvalue weighted by Gasteiger charge is 2.28. The Balaban J connectivity index is 1.85. The first-order valence-electron chi connectivity index (χ1n) is 8.27. The van der Waals surface area contributed by atoms with Crippen molar-refractivity contribution < 1.29 is 0 Å². The molecule has 1 aliphatic heterocycles. The van der Waals surface area contributed by atoms with E-state index in [-0.39, 0.29) is 11.7 Å². The number of hydrogen-bond donors (Lipinski definition) is 4. The number of amidine groups is 2. The fourth-order valence-corrected chi connectivity index (χ4v) is 3.00. The molecule has 1 aromatic heterocycles. The summed E-state index contributed by atoms with van der Waals surface area (Å²) in [5.41, 5.74) is 9.56. The maximum Gasteiger partial charge on any atom is 0.154 e. The van der Waals surface area contributed by atoms with Crippen molar-refractivity contribution in [1.29, 1.82) is 10.8 Å². The van der Waals surface area contributed by atoms with Gasteiger partial charge in [0.05, 0.1) is 11.4 Å². The minimum atomic E-state index is 0.214. The average molecular weight is 342 g/mol. The fourth-order valence-electron chi connectivity index (χ4n) is 3.00. The van der Waals surface area contributed by atoms with E-state index in [2.05, 4.69) is 10.3 Å². The molecule has 2 heterocycles. The quantitative estimate of drug-likeness (QED) is 0.423. The molecule has 0 saturated carbocycles. The number of nitrogens with one attached hydrogen (secondary N) is 3. The lowest BCUT2D eigenvalue weighted by Gasteiger charge is -2.25. The first kappa shape index (κ1) is 16.0. The van der Waals surface area contributed by atoms with Crippen LogP contribution in [-0.2, 0) is 6.54 Å². The third-order valence-corrected chi connectivity index (χ3v) is 4.37. The van der Waals surface area contributed by atoms with Crippen molar-refractivity contribution in [2.75, 3.05) is 10.2 Å². The van der Waals surface area contributed by atoms with Crippen molar-refractivity contribution in [2.24, 2.45) is 5.73 Å². The Hall–Kier alpha value is -3.51. The smallest absolute Gasteiger partial charge is 0.154 e. The molecule has 0 fully saturated rings. The Morgan fingerprint density at radius 3 is 2.58 bits per heavy atom. The van der Waals surface area contributed by atoms with Gasteiger partial charge in [-0.3, -0.25) is 15.7 Å². The number of benzene rings is 2. The second-order valence-corrected chi connectivity index (χ2v) is 5.98. The third kappa shape index (κ3) is 2.62. The zero-order chi connectivity index (χ0) is 18.1. The standard InChI is InChI=1S/C20H18N6/c21-12-13-7-9-14(10-8-13)18(22)26-17-6-3-11-24-20(17)25-16-5-2-1-4-15(16)19(26)23/h1-11,22-23H,12,21H2,(H,24,25). The SMILES string of the molecule is N=C(c1ccc(CN)cc1)N1C(=N)c2ccccc2Nc2ncccc21. The zero-order valence-corrected chi connectivity index (χ0v) is 14.0. The summed E-state index contributed by atoms with van der Waals surface area (Å²) >= 11 is 0. The van der Waals surface area contributed by atoms with E-state index in [4.69, 9.17) is 16.6 Å². The molecule has 2 aromatic carbocycles. The van der Waals surface area contributed by atoms with Gasteiger partial charge in [0.2, 0.25) is 0 Å². The van der Waals surface area contributed by atoms with Crippen LogP contribution in [0.1, 0.15) is 16.7 Å². The molecule has 0 unspecified atom stereocenters. The minimum absolute atomic E-state index is 0.214. The molecule has 26 heavy (non-hydrogen) atoms. The van der Waals surface area contributed by atoms with E-state index in [9.17, 15) is 0 Å². The number of nitrogens with zero attached hydrogens (tertiary/aromatic N) is 2. The fraction of sp³-hybridized carbons (Fsp3) is 0.0500. The molecule has 1 aliphatic rings. The molecule has 4 rings (SSSR count). The average Bonchev–Trinajstić information content (AvgIpc) is 2.81. The van der Waals surface area contributed by atoms with E-state index in [1.54, 1.807) is 11.1 Å². The summed E-state index contributed by atoms with van der Waals surface area (Å²) < 4.78 is 0.